The second-order valence-electron chi connectivity index (χ2n) is 8.48. The van der Waals surface area contributed by atoms with Gasteiger partial charge in [-0.05, 0) is 18.5 Å². The van der Waals surface area contributed by atoms with Crippen LogP contribution in [0.25, 0.3) is 0 Å². The fraction of sp³-hybridized carbons (Fsp3) is 0.636. The van der Waals surface area contributed by atoms with E-state index in [1.54, 1.807) is 0 Å². The molecule has 1 spiro atoms. The maximum absolute atomic E-state index is 13.0. The van der Waals surface area contributed by atoms with Crippen LogP contribution in [-0.4, -0.2) is 84.2 Å². The topological polar surface area (TPSA) is 62.3 Å². The second-order valence-corrected chi connectivity index (χ2v) is 8.48. The van der Waals surface area contributed by atoms with Gasteiger partial charge in [0, 0.05) is 32.5 Å². The number of hydrogen-bond donors (Lipinski definition) is 0. The van der Waals surface area contributed by atoms with Crippen molar-refractivity contribution in [2.24, 2.45) is 0 Å². The Labute approximate surface area is 171 Å². The fourth-order valence-corrected chi connectivity index (χ4v) is 5.39. The van der Waals surface area contributed by atoms with Crippen molar-refractivity contribution >= 4 is 11.8 Å². The Bertz CT molecular complexity index is 767. The van der Waals surface area contributed by atoms with Crippen LogP contribution in [0.2, 0.25) is 0 Å². The molecule has 0 N–H and O–H groups in total. The number of morpholine rings is 1. The monoisotopic (exact) mass is 399 g/mol. The second kappa shape index (κ2) is 7.70. The van der Waals surface area contributed by atoms with E-state index in [2.05, 4.69) is 4.90 Å². The Hall–Kier alpha value is -1.96. The molecule has 156 valence electrons. The summed E-state index contributed by atoms with van der Waals surface area (Å²) in [7, 11) is 0. The Kier molecular flexibility index (Phi) is 5.05. The molecule has 5 rings (SSSR count). The highest BCUT2D eigenvalue weighted by atomic mass is 16.5. The Morgan fingerprint density at radius 3 is 2.72 bits per heavy atom. The van der Waals surface area contributed by atoms with Gasteiger partial charge in [-0.2, -0.15) is 0 Å². The number of carbonyl (C=O) groups excluding carboxylic acids is 2. The molecule has 4 saturated heterocycles. The zero-order chi connectivity index (χ0) is 19.8. The maximum Gasteiger partial charge on any atom is 0.227 e. The van der Waals surface area contributed by atoms with Crippen molar-refractivity contribution in [2.75, 3.05) is 45.9 Å². The van der Waals surface area contributed by atoms with Crippen LogP contribution in [-0.2, 0) is 19.1 Å². The molecule has 2 amide bonds. The standard InChI is InChI=1S/C22H29N3O4/c26-20(7-4-9-23-11-13-28-14-12-23)24-10-8-22-19(24)15-21(27)25(22)16-18(29-22)17-5-2-1-3-6-17/h1-3,5-6,18-19H,4,7-16H2/t18-,19-,22+/m1/s1. The predicted molar refractivity (Wildman–Crippen MR) is 106 cm³/mol. The lowest BCUT2D eigenvalue weighted by atomic mass is 10.1. The first kappa shape index (κ1) is 19.0. The number of nitrogens with zero attached hydrogens (tertiary/aromatic N) is 3. The lowest BCUT2D eigenvalue weighted by Crippen LogP contribution is -2.48. The van der Waals surface area contributed by atoms with E-state index in [4.69, 9.17) is 9.47 Å². The van der Waals surface area contributed by atoms with Crippen LogP contribution < -0.4 is 0 Å². The molecule has 1 aromatic carbocycles. The van der Waals surface area contributed by atoms with Crippen LogP contribution in [0.15, 0.2) is 30.3 Å². The molecule has 0 saturated carbocycles. The van der Waals surface area contributed by atoms with Crippen molar-refractivity contribution in [3.05, 3.63) is 35.9 Å². The number of amides is 2. The summed E-state index contributed by atoms with van der Waals surface area (Å²) in [6, 6.07) is 9.92. The van der Waals surface area contributed by atoms with Gasteiger partial charge < -0.3 is 19.3 Å². The minimum Gasteiger partial charge on any atom is -0.379 e. The number of rotatable bonds is 5. The van der Waals surface area contributed by atoms with Gasteiger partial charge in [-0.15, -0.1) is 0 Å². The third-order valence-corrected chi connectivity index (χ3v) is 6.89. The number of likely N-dealkylation sites (tertiary alicyclic amines) is 1. The van der Waals surface area contributed by atoms with Gasteiger partial charge in [-0.25, -0.2) is 0 Å². The summed E-state index contributed by atoms with van der Waals surface area (Å²) >= 11 is 0. The molecule has 1 aromatic rings. The van der Waals surface area contributed by atoms with Crippen molar-refractivity contribution < 1.29 is 19.1 Å². The van der Waals surface area contributed by atoms with E-state index in [9.17, 15) is 9.59 Å². The summed E-state index contributed by atoms with van der Waals surface area (Å²) < 4.78 is 11.9. The van der Waals surface area contributed by atoms with Crippen molar-refractivity contribution in [3.63, 3.8) is 0 Å². The van der Waals surface area contributed by atoms with E-state index in [0.717, 1.165) is 44.8 Å². The van der Waals surface area contributed by atoms with Gasteiger partial charge in [-0.3, -0.25) is 14.5 Å². The molecule has 0 aliphatic carbocycles. The first-order valence-electron chi connectivity index (χ1n) is 10.8. The lowest BCUT2D eigenvalue weighted by Gasteiger charge is -2.32. The molecule has 4 heterocycles. The van der Waals surface area contributed by atoms with E-state index in [1.807, 2.05) is 40.1 Å². The first-order valence-corrected chi connectivity index (χ1v) is 10.8. The summed E-state index contributed by atoms with van der Waals surface area (Å²) in [4.78, 5) is 31.9. The molecule has 4 fully saturated rings. The van der Waals surface area contributed by atoms with Crippen molar-refractivity contribution in [1.82, 2.24) is 14.7 Å². The van der Waals surface area contributed by atoms with Gasteiger partial charge in [0.1, 0.15) is 6.10 Å². The normalized spacial score (nSPS) is 31.9. The zero-order valence-electron chi connectivity index (χ0n) is 16.8. The Morgan fingerprint density at radius 2 is 1.93 bits per heavy atom. The summed E-state index contributed by atoms with van der Waals surface area (Å²) in [5.74, 6) is 0.265. The third-order valence-electron chi connectivity index (χ3n) is 6.89. The fourth-order valence-electron chi connectivity index (χ4n) is 5.39. The van der Waals surface area contributed by atoms with Crippen LogP contribution in [0.1, 0.15) is 37.4 Å². The minimum absolute atomic E-state index is 0.110. The Morgan fingerprint density at radius 1 is 1.14 bits per heavy atom. The molecule has 7 heteroatoms. The molecule has 3 atom stereocenters. The van der Waals surface area contributed by atoms with Crippen LogP contribution in [0.4, 0.5) is 0 Å². The summed E-state index contributed by atoms with van der Waals surface area (Å²) in [6.45, 7) is 5.63. The van der Waals surface area contributed by atoms with E-state index >= 15 is 0 Å². The zero-order valence-corrected chi connectivity index (χ0v) is 16.8. The average molecular weight is 399 g/mol. The van der Waals surface area contributed by atoms with Crippen LogP contribution >= 0.6 is 0 Å². The van der Waals surface area contributed by atoms with Crippen molar-refractivity contribution in [2.45, 2.75) is 43.6 Å². The molecule has 4 aliphatic rings. The number of carbonyl (C=O) groups is 2. The third kappa shape index (κ3) is 3.35. The first-order chi connectivity index (χ1) is 14.2. The van der Waals surface area contributed by atoms with E-state index in [0.29, 0.717) is 32.4 Å². The number of benzene rings is 1. The summed E-state index contributed by atoms with van der Waals surface area (Å²) in [5, 5.41) is 0. The minimum atomic E-state index is -0.628. The van der Waals surface area contributed by atoms with Gasteiger partial charge in [0.05, 0.1) is 32.2 Å². The highest BCUT2D eigenvalue weighted by molar-refractivity contribution is 5.84. The number of hydrogen-bond acceptors (Lipinski definition) is 5. The SMILES string of the molecule is O=C(CCCN1CCOCC1)N1CC[C@@]23O[C@@H](c4ccccc4)CN2C(=O)C[C@@H]13. The molecule has 0 bridgehead atoms. The van der Waals surface area contributed by atoms with Gasteiger partial charge in [0.2, 0.25) is 11.8 Å². The molecule has 0 radical (unpaired) electrons. The summed E-state index contributed by atoms with van der Waals surface area (Å²) in [6.07, 6.45) is 2.36. The van der Waals surface area contributed by atoms with Gasteiger partial charge in [0.25, 0.3) is 0 Å². The summed E-state index contributed by atoms with van der Waals surface area (Å²) in [5.41, 5.74) is 0.468. The lowest BCUT2D eigenvalue weighted by molar-refractivity contribution is -0.143. The van der Waals surface area contributed by atoms with Gasteiger partial charge in [0.15, 0.2) is 5.72 Å². The smallest absolute Gasteiger partial charge is 0.227 e. The highest BCUT2D eigenvalue weighted by Gasteiger charge is 2.64. The van der Waals surface area contributed by atoms with Crippen LogP contribution in [0.3, 0.4) is 0 Å². The van der Waals surface area contributed by atoms with E-state index < -0.39 is 5.72 Å². The van der Waals surface area contributed by atoms with Crippen LogP contribution in [0, 0.1) is 0 Å². The molecule has 0 aromatic heterocycles. The number of ether oxygens (including phenoxy) is 2. The van der Waals surface area contributed by atoms with Crippen molar-refractivity contribution in [3.8, 4) is 0 Å². The predicted octanol–water partition coefficient (Wildman–Crippen LogP) is 1.40. The highest BCUT2D eigenvalue weighted by Crippen LogP contribution is 2.50. The van der Waals surface area contributed by atoms with Gasteiger partial charge in [-0.1, -0.05) is 30.3 Å². The van der Waals surface area contributed by atoms with E-state index in [-0.39, 0.29) is 24.0 Å². The molecule has 4 aliphatic heterocycles. The quantitative estimate of drug-likeness (QED) is 0.749. The molecular formula is C22H29N3O4. The molecule has 0 unspecified atom stereocenters. The van der Waals surface area contributed by atoms with Gasteiger partial charge >= 0.3 is 0 Å². The molecular weight excluding hydrogens is 370 g/mol. The maximum atomic E-state index is 13.0. The largest absolute Gasteiger partial charge is 0.379 e. The van der Waals surface area contributed by atoms with Crippen molar-refractivity contribution in [1.29, 1.82) is 0 Å². The Balaban J connectivity index is 1.23. The molecule has 29 heavy (non-hydrogen) atoms. The molecule has 7 nitrogen and oxygen atoms in total. The van der Waals surface area contributed by atoms with E-state index in [1.165, 1.54) is 0 Å². The average Bonchev–Trinajstić information content (AvgIpc) is 3.38. The van der Waals surface area contributed by atoms with Crippen LogP contribution in [0.5, 0.6) is 0 Å².